The van der Waals surface area contributed by atoms with E-state index in [0.29, 0.717) is 10.9 Å². The van der Waals surface area contributed by atoms with Crippen LogP contribution in [0.5, 0.6) is 0 Å². The molecule has 1 atom stereocenters. The van der Waals surface area contributed by atoms with Crippen LogP contribution in [0.25, 0.3) is 0 Å². The second-order valence-electron chi connectivity index (χ2n) is 6.58. The number of hydrogen-bond acceptors (Lipinski definition) is 4. The molecule has 0 unspecified atom stereocenters. The van der Waals surface area contributed by atoms with E-state index in [1.54, 1.807) is 12.1 Å². The highest BCUT2D eigenvalue weighted by Crippen LogP contribution is 2.24. The first kappa shape index (κ1) is 17.1. The number of likely N-dealkylation sites (tertiary alicyclic amines) is 1. The Hall–Kier alpha value is -1.72. The van der Waals surface area contributed by atoms with Gasteiger partial charge in [0.05, 0.1) is 4.90 Å². The molecule has 24 heavy (non-hydrogen) atoms. The van der Waals surface area contributed by atoms with Gasteiger partial charge < -0.3 is 0 Å². The van der Waals surface area contributed by atoms with E-state index in [-0.39, 0.29) is 0 Å². The van der Waals surface area contributed by atoms with Crippen LogP contribution in [0.15, 0.2) is 53.7 Å². The van der Waals surface area contributed by atoms with Crippen molar-refractivity contribution >= 4 is 9.84 Å². The molecule has 0 bridgehead atoms. The Balaban J connectivity index is 1.59. The van der Waals surface area contributed by atoms with Crippen molar-refractivity contribution < 1.29 is 8.42 Å². The molecule has 4 nitrogen and oxygen atoms in total. The van der Waals surface area contributed by atoms with Gasteiger partial charge in [-0.3, -0.25) is 9.88 Å². The van der Waals surface area contributed by atoms with Crippen molar-refractivity contribution in [3.8, 4) is 0 Å². The molecule has 1 fully saturated rings. The van der Waals surface area contributed by atoms with Crippen LogP contribution >= 0.6 is 0 Å². The number of benzene rings is 1. The third kappa shape index (κ3) is 4.42. The number of aryl methyl sites for hydroxylation is 1. The summed E-state index contributed by atoms with van der Waals surface area (Å²) in [5, 5.41) is 0. The minimum atomic E-state index is -3.12. The number of sulfone groups is 1. The molecule has 1 saturated heterocycles. The lowest BCUT2D eigenvalue weighted by molar-refractivity contribution is 0.235. The summed E-state index contributed by atoms with van der Waals surface area (Å²) < 4.78 is 23.1. The average Bonchev–Trinajstić information content (AvgIpc) is 3.01. The normalized spacial score (nSPS) is 18.8. The quantitative estimate of drug-likeness (QED) is 0.808. The Labute approximate surface area is 144 Å². The van der Waals surface area contributed by atoms with Crippen LogP contribution in [0.1, 0.15) is 30.4 Å². The molecule has 1 aromatic heterocycles. The molecule has 0 radical (unpaired) electrons. The molecule has 3 rings (SSSR count). The highest BCUT2D eigenvalue weighted by atomic mass is 32.2. The maximum absolute atomic E-state index is 11.5. The number of pyridine rings is 1. The lowest BCUT2D eigenvalue weighted by Gasteiger charge is -2.24. The largest absolute Gasteiger partial charge is 0.296 e. The molecule has 0 saturated carbocycles. The van der Waals surface area contributed by atoms with E-state index in [0.717, 1.165) is 25.9 Å². The van der Waals surface area contributed by atoms with Gasteiger partial charge in [-0.1, -0.05) is 12.1 Å². The van der Waals surface area contributed by atoms with Crippen molar-refractivity contribution in [2.75, 3.05) is 12.8 Å². The minimum Gasteiger partial charge on any atom is -0.296 e. The highest BCUT2D eigenvalue weighted by molar-refractivity contribution is 7.90. The van der Waals surface area contributed by atoms with Crippen LogP contribution in [0.3, 0.4) is 0 Å². The summed E-state index contributed by atoms with van der Waals surface area (Å²) >= 11 is 0. The molecule has 2 heterocycles. The fourth-order valence-corrected chi connectivity index (χ4v) is 4.02. The minimum absolute atomic E-state index is 0.391. The molecule has 0 aliphatic carbocycles. The summed E-state index contributed by atoms with van der Waals surface area (Å²) in [6, 6.07) is 12.1. The maximum Gasteiger partial charge on any atom is 0.175 e. The fraction of sp³-hybridized carbons (Fsp3) is 0.421. The summed E-state index contributed by atoms with van der Waals surface area (Å²) in [4.78, 5) is 6.98. The zero-order chi connectivity index (χ0) is 17.0. The first-order chi connectivity index (χ1) is 11.5. The number of rotatable bonds is 6. The molecular weight excluding hydrogens is 320 g/mol. The van der Waals surface area contributed by atoms with Crippen molar-refractivity contribution in [1.29, 1.82) is 0 Å². The standard InChI is InChI=1S/C19H24N2O2S/c1-24(22,23)19-8-5-17(6-9-19)15-21-14-2-3-18(21)7-4-16-10-12-20-13-11-16/h5-6,8-13,18H,2-4,7,14-15H2,1H3/t18-/m0/s1. The molecule has 2 aromatic rings. The topological polar surface area (TPSA) is 50.3 Å². The number of aromatic nitrogens is 1. The summed E-state index contributed by atoms with van der Waals surface area (Å²) in [5.41, 5.74) is 2.52. The van der Waals surface area contributed by atoms with Crippen LogP contribution in [-0.2, 0) is 22.8 Å². The monoisotopic (exact) mass is 344 g/mol. The van der Waals surface area contributed by atoms with Gasteiger partial charge in [-0.25, -0.2) is 8.42 Å². The molecule has 128 valence electrons. The fourth-order valence-electron chi connectivity index (χ4n) is 3.39. The molecule has 1 aromatic carbocycles. The van der Waals surface area contributed by atoms with E-state index < -0.39 is 9.84 Å². The Morgan fingerprint density at radius 3 is 2.46 bits per heavy atom. The van der Waals surface area contributed by atoms with Crippen LogP contribution < -0.4 is 0 Å². The number of nitrogens with zero attached hydrogens (tertiary/aromatic N) is 2. The van der Waals surface area contributed by atoms with Gasteiger partial charge in [-0.05, 0) is 67.6 Å². The summed E-state index contributed by atoms with van der Waals surface area (Å²) in [6.07, 6.45) is 9.67. The van der Waals surface area contributed by atoms with E-state index in [4.69, 9.17) is 0 Å². The highest BCUT2D eigenvalue weighted by Gasteiger charge is 2.24. The molecule has 0 amide bonds. The molecule has 1 aliphatic rings. The van der Waals surface area contributed by atoms with Gasteiger partial charge in [-0.15, -0.1) is 0 Å². The van der Waals surface area contributed by atoms with Crippen molar-refractivity contribution in [1.82, 2.24) is 9.88 Å². The molecule has 1 aliphatic heterocycles. The van der Waals surface area contributed by atoms with Crippen molar-refractivity contribution in [3.05, 3.63) is 59.9 Å². The Kier molecular flexibility index (Phi) is 5.31. The summed E-state index contributed by atoms with van der Waals surface area (Å²) in [5.74, 6) is 0. The van der Waals surface area contributed by atoms with E-state index in [1.165, 1.54) is 30.2 Å². The predicted octanol–water partition coefficient (Wildman–Crippen LogP) is 3.08. The van der Waals surface area contributed by atoms with E-state index >= 15 is 0 Å². The molecule has 0 N–H and O–H groups in total. The van der Waals surface area contributed by atoms with Crippen molar-refractivity contribution in [2.45, 2.75) is 43.2 Å². The lowest BCUT2D eigenvalue weighted by atomic mass is 10.0. The van der Waals surface area contributed by atoms with Gasteiger partial charge in [0.15, 0.2) is 9.84 Å². The van der Waals surface area contributed by atoms with Crippen LogP contribution in [0.2, 0.25) is 0 Å². The van der Waals surface area contributed by atoms with E-state index in [1.807, 2.05) is 24.5 Å². The number of hydrogen-bond donors (Lipinski definition) is 0. The Morgan fingerprint density at radius 2 is 1.79 bits per heavy atom. The first-order valence-electron chi connectivity index (χ1n) is 8.44. The van der Waals surface area contributed by atoms with Crippen LogP contribution in [0.4, 0.5) is 0 Å². The first-order valence-corrected chi connectivity index (χ1v) is 10.3. The maximum atomic E-state index is 11.5. The lowest BCUT2D eigenvalue weighted by Crippen LogP contribution is -2.29. The van der Waals surface area contributed by atoms with Crippen molar-refractivity contribution in [3.63, 3.8) is 0 Å². The van der Waals surface area contributed by atoms with Crippen LogP contribution in [-0.4, -0.2) is 37.1 Å². The van der Waals surface area contributed by atoms with Gasteiger partial charge in [0.1, 0.15) is 0 Å². The van der Waals surface area contributed by atoms with Gasteiger partial charge in [0.25, 0.3) is 0 Å². The zero-order valence-corrected chi connectivity index (χ0v) is 14.9. The average molecular weight is 344 g/mol. The van der Waals surface area contributed by atoms with Gasteiger partial charge in [0.2, 0.25) is 0 Å². The summed E-state index contributed by atoms with van der Waals surface area (Å²) in [7, 11) is -3.12. The SMILES string of the molecule is CS(=O)(=O)c1ccc(CN2CCC[C@H]2CCc2ccncc2)cc1. The van der Waals surface area contributed by atoms with Crippen LogP contribution in [0, 0.1) is 0 Å². The molecular formula is C19H24N2O2S. The smallest absolute Gasteiger partial charge is 0.175 e. The van der Waals surface area contributed by atoms with E-state index in [9.17, 15) is 8.42 Å². The van der Waals surface area contributed by atoms with Gasteiger partial charge >= 0.3 is 0 Å². The van der Waals surface area contributed by atoms with Crippen molar-refractivity contribution in [2.24, 2.45) is 0 Å². The zero-order valence-electron chi connectivity index (χ0n) is 14.1. The predicted molar refractivity (Wildman–Crippen MR) is 95.5 cm³/mol. The summed E-state index contributed by atoms with van der Waals surface area (Å²) in [6.45, 7) is 2.01. The molecule has 5 heteroatoms. The van der Waals surface area contributed by atoms with E-state index in [2.05, 4.69) is 22.0 Å². The third-order valence-electron chi connectivity index (χ3n) is 4.75. The van der Waals surface area contributed by atoms with Gasteiger partial charge in [-0.2, -0.15) is 0 Å². The Bertz CT molecular complexity index is 758. The third-order valence-corrected chi connectivity index (χ3v) is 5.88. The molecule has 0 spiro atoms. The second kappa shape index (κ2) is 7.45. The van der Waals surface area contributed by atoms with Gasteiger partial charge in [0, 0.05) is 31.2 Å². The second-order valence-corrected chi connectivity index (χ2v) is 8.59. The Morgan fingerprint density at radius 1 is 1.08 bits per heavy atom.